The number of aromatic amines is 1. The van der Waals surface area contributed by atoms with Crippen molar-refractivity contribution in [2.24, 2.45) is 0 Å². The van der Waals surface area contributed by atoms with E-state index in [1.807, 2.05) is 18.3 Å². The SMILES string of the molecule is C[C@H](Cc1c[nH]c2ccccc12)NCC1(F)COC1. The summed E-state index contributed by atoms with van der Waals surface area (Å²) in [6.45, 7) is 2.90. The van der Waals surface area contributed by atoms with Crippen LogP contribution in [0.4, 0.5) is 4.39 Å². The topological polar surface area (TPSA) is 37.0 Å². The van der Waals surface area contributed by atoms with Gasteiger partial charge in [-0.25, -0.2) is 4.39 Å². The van der Waals surface area contributed by atoms with Crippen LogP contribution in [0.2, 0.25) is 0 Å². The highest BCUT2D eigenvalue weighted by molar-refractivity contribution is 5.83. The van der Waals surface area contributed by atoms with Crippen LogP contribution in [0.15, 0.2) is 30.5 Å². The molecule has 2 N–H and O–H groups in total. The summed E-state index contributed by atoms with van der Waals surface area (Å²) in [6.07, 6.45) is 2.93. The van der Waals surface area contributed by atoms with E-state index in [4.69, 9.17) is 4.74 Å². The molecule has 19 heavy (non-hydrogen) atoms. The Kier molecular flexibility index (Phi) is 3.29. The molecule has 0 saturated carbocycles. The van der Waals surface area contributed by atoms with Crippen LogP contribution in [0.1, 0.15) is 12.5 Å². The molecule has 1 aromatic carbocycles. The minimum Gasteiger partial charge on any atom is -0.375 e. The lowest BCUT2D eigenvalue weighted by molar-refractivity contribution is -0.127. The molecular weight excluding hydrogens is 243 g/mol. The minimum absolute atomic E-state index is 0.222. The average molecular weight is 262 g/mol. The van der Waals surface area contributed by atoms with E-state index in [1.165, 1.54) is 10.9 Å². The summed E-state index contributed by atoms with van der Waals surface area (Å²) < 4.78 is 18.7. The normalized spacial score (nSPS) is 19.3. The summed E-state index contributed by atoms with van der Waals surface area (Å²) in [7, 11) is 0. The Hall–Kier alpha value is -1.39. The van der Waals surface area contributed by atoms with Gasteiger partial charge in [0.05, 0.1) is 13.2 Å². The molecule has 0 unspecified atom stereocenters. The highest BCUT2D eigenvalue weighted by atomic mass is 19.1. The molecule has 1 fully saturated rings. The summed E-state index contributed by atoms with van der Waals surface area (Å²) in [4.78, 5) is 3.27. The van der Waals surface area contributed by atoms with Gasteiger partial charge < -0.3 is 15.0 Å². The highest BCUT2D eigenvalue weighted by Crippen LogP contribution is 2.22. The fourth-order valence-electron chi connectivity index (χ4n) is 2.49. The summed E-state index contributed by atoms with van der Waals surface area (Å²) in [5, 5.41) is 4.51. The quantitative estimate of drug-likeness (QED) is 0.868. The number of alkyl halides is 1. The molecule has 1 aliphatic rings. The van der Waals surface area contributed by atoms with Crippen LogP contribution in [0, 0.1) is 0 Å². The fraction of sp³-hybridized carbons (Fsp3) is 0.467. The van der Waals surface area contributed by atoms with Crippen molar-refractivity contribution < 1.29 is 9.13 Å². The van der Waals surface area contributed by atoms with Gasteiger partial charge in [-0.05, 0) is 25.0 Å². The lowest BCUT2D eigenvalue weighted by atomic mass is 10.0. The molecule has 0 bridgehead atoms. The molecule has 2 heterocycles. The zero-order valence-electron chi connectivity index (χ0n) is 11.1. The van der Waals surface area contributed by atoms with Crippen LogP contribution in [0.5, 0.6) is 0 Å². The van der Waals surface area contributed by atoms with E-state index in [0.29, 0.717) is 6.54 Å². The maximum absolute atomic E-state index is 13.8. The number of nitrogens with one attached hydrogen (secondary N) is 2. The Morgan fingerprint density at radius 1 is 1.42 bits per heavy atom. The first-order valence-electron chi connectivity index (χ1n) is 6.71. The molecule has 3 nitrogen and oxygen atoms in total. The van der Waals surface area contributed by atoms with Gasteiger partial charge in [0.15, 0.2) is 5.67 Å². The second-order valence-electron chi connectivity index (χ2n) is 5.49. The molecule has 1 atom stereocenters. The van der Waals surface area contributed by atoms with Crippen molar-refractivity contribution >= 4 is 10.9 Å². The van der Waals surface area contributed by atoms with Crippen LogP contribution in [-0.2, 0) is 11.2 Å². The number of hydrogen-bond donors (Lipinski definition) is 2. The number of rotatable bonds is 5. The van der Waals surface area contributed by atoms with Crippen molar-refractivity contribution in [1.82, 2.24) is 10.3 Å². The third kappa shape index (κ3) is 2.65. The van der Waals surface area contributed by atoms with E-state index < -0.39 is 5.67 Å². The molecular formula is C15H19FN2O. The first-order chi connectivity index (χ1) is 9.16. The Morgan fingerprint density at radius 2 is 2.21 bits per heavy atom. The predicted octanol–water partition coefficient (Wildman–Crippen LogP) is 2.43. The Labute approximate surface area is 112 Å². The van der Waals surface area contributed by atoms with E-state index in [2.05, 4.69) is 29.4 Å². The largest absolute Gasteiger partial charge is 0.375 e. The minimum atomic E-state index is -1.16. The molecule has 3 rings (SSSR count). The second-order valence-corrected chi connectivity index (χ2v) is 5.49. The monoisotopic (exact) mass is 262 g/mol. The molecule has 1 aromatic heterocycles. The van der Waals surface area contributed by atoms with Gasteiger partial charge in [0.25, 0.3) is 0 Å². The third-order valence-corrected chi connectivity index (χ3v) is 3.69. The molecule has 4 heteroatoms. The molecule has 0 spiro atoms. The highest BCUT2D eigenvalue weighted by Gasteiger charge is 2.38. The summed E-state index contributed by atoms with van der Waals surface area (Å²) in [6, 6.07) is 8.49. The summed E-state index contributed by atoms with van der Waals surface area (Å²) >= 11 is 0. The van der Waals surface area contributed by atoms with Crippen molar-refractivity contribution in [3.8, 4) is 0 Å². The molecule has 1 saturated heterocycles. The summed E-state index contributed by atoms with van der Waals surface area (Å²) in [5.74, 6) is 0. The molecule has 0 amide bonds. The molecule has 102 valence electrons. The maximum atomic E-state index is 13.8. The lowest BCUT2D eigenvalue weighted by Crippen LogP contribution is -2.54. The van der Waals surface area contributed by atoms with E-state index >= 15 is 0 Å². The maximum Gasteiger partial charge on any atom is 0.169 e. The van der Waals surface area contributed by atoms with Crippen molar-refractivity contribution in [3.05, 3.63) is 36.0 Å². The number of ether oxygens (including phenoxy) is 1. The molecule has 2 aromatic rings. The molecule has 0 aliphatic carbocycles. The van der Waals surface area contributed by atoms with Crippen LogP contribution in [0.3, 0.4) is 0 Å². The smallest absolute Gasteiger partial charge is 0.169 e. The van der Waals surface area contributed by atoms with Gasteiger partial charge in [-0.15, -0.1) is 0 Å². The van der Waals surface area contributed by atoms with Gasteiger partial charge in [0.1, 0.15) is 0 Å². The Balaban J connectivity index is 1.61. The van der Waals surface area contributed by atoms with Gasteiger partial charge in [0.2, 0.25) is 0 Å². The first kappa shape index (κ1) is 12.6. The molecule has 1 aliphatic heterocycles. The zero-order chi connectivity index (χ0) is 13.3. The van der Waals surface area contributed by atoms with Crippen molar-refractivity contribution in [3.63, 3.8) is 0 Å². The van der Waals surface area contributed by atoms with Crippen LogP contribution >= 0.6 is 0 Å². The predicted molar refractivity (Wildman–Crippen MR) is 74.1 cm³/mol. The Morgan fingerprint density at radius 3 is 2.95 bits per heavy atom. The zero-order valence-corrected chi connectivity index (χ0v) is 11.1. The van der Waals surface area contributed by atoms with Gasteiger partial charge in [-0.1, -0.05) is 18.2 Å². The van der Waals surface area contributed by atoms with E-state index in [9.17, 15) is 4.39 Å². The first-order valence-corrected chi connectivity index (χ1v) is 6.71. The number of halogens is 1. The number of benzene rings is 1. The second kappa shape index (κ2) is 4.94. The van der Waals surface area contributed by atoms with E-state index in [0.717, 1.165) is 11.9 Å². The lowest BCUT2D eigenvalue weighted by Gasteiger charge is -2.34. The van der Waals surface area contributed by atoms with Crippen molar-refractivity contribution in [2.45, 2.75) is 25.1 Å². The third-order valence-electron chi connectivity index (χ3n) is 3.69. The van der Waals surface area contributed by atoms with Gasteiger partial charge in [-0.2, -0.15) is 0 Å². The van der Waals surface area contributed by atoms with Crippen LogP contribution < -0.4 is 5.32 Å². The van der Waals surface area contributed by atoms with Crippen molar-refractivity contribution in [2.75, 3.05) is 19.8 Å². The standard InChI is InChI=1S/C15H19FN2O/c1-11(18-8-15(16)9-19-10-15)6-12-7-17-14-5-3-2-4-13(12)14/h2-5,7,11,17-18H,6,8-10H2,1H3/t11-/m1/s1. The Bertz CT molecular complexity index is 562. The van der Waals surface area contributed by atoms with Crippen molar-refractivity contribution in [1.29, 1.82) is 0 Å². The van der Waals surface area contributed by atoms with Crippen LogP contribution in [-0.4, -0.2) is 36.5 Å². The number of hydrogen-bond acceptors (Lipinski definition) is 2. The van der Waals surface area contributed by atoms with Gasteiger partial charge >= 0.3 is 0 Å². The molecule has 0 radical (unpaired) electrons. The number of aromatic nitrogens is 1. The number of para-hydroxylation sites is 1. The number of fused-ring (bicyclic) bond motifs is 1. The average Bonchev–Trinajstić information content (AvgIpc) is 2.78. The van der Waals surface area contributed by atoms with Crippen LogP contribution in [0.25, 0.3) is 10.9 Å². The van der Waals surface area contributed by atoms with Gasteiger partial charge in [-0.3, -0.25) is 0 Å². The fourth-order valence-corrected chi connectivity index (χ4v) is 2.49. The number of H-pyrrole nitrogens is 1. The van der Waals surface area contributed by atoms with E-state index in [-0.39, 0.29) is 19.3 Å². The van der Waals surface area contributed by atoms with Gasteiger partial charge in [0, 0.05) is 29.7 Å². The summed E-state index contributed by atoms with van der Waals surface area (Å²) in [5.41, 5.74) is 1.27. The van der Waals surface area contributed by atoms with E-state index in [1.54, 1.807) is 0 Å².